The Labute approximate surface area is 142 Å². The molecule has 0 saturated carbocycles. The summed E-state index contributed by atoms with van der Waals surface area (Å²) in [6.45, 7) is 0. The van der Waals surface area contributed by atoms with Crippen LogP contribution in [0.4, 0.5) is 0 Å². The highest BCUT2D eigenvalue weighted by molar-refractivity contribution is 14.2. The molecule has 0 aliphatic rings. The molecule has 0 aliphatic carbocycles. The van der Waals surface area contributed by atoms with Gasteiger partial charge in [0.1, 0.15) is 0 Å². The van der Waals surface area contributed by atoms with E-state index in [0.29, 0.717) is 0 Å². The predicted octanol–water partition coefficient (Wildman–Crippen LogP) is 4.48. The van der Waals surface area contributed by atoms with Crippen LogP contribution in [0.5, 0.6) is 0 Å². The average molecular weight is 514 g/mol. The summed E-state index contributed by atoms with van der Waals surface area (Å²) in [6, 6.07) is 12.4. The minimum absolute atomic E-state index is 0.130. The van der Waals surface area contributed by atoms with Crippen LogP contribution in [0.1, 0.15) is 6.42 Å². The van der Waals surface area contributed by atoms with Crippen molar-refractivity contribution in [3.63, 3.8) is 0 Å². The molecule has 2 atom stereocenters. The number of halogens is 2. The molecular weight excluding hydrogens is 500 g/mol. The summed E-state index contributed by atoms with van der Waals surface area (Å²) in [5.41, 5.74) is 2.26. The van der Waals surface area contributed by atoms with Gasteiger partial charge in [0.15, 0.2) is 0 Å². The molecule has 0 spiro atoms. The van der Waals surface area contributed by atoms with Crippen LogP contribution >= 0.6 is 55.2 Å². The van der Waals surface area contributed by atoms with E-state index in [-0.39, 0.29) is 11.1 Å². The zero-order chi connectivity index (χ0) is 13.5. The van der Waals surface area contributed by atoms with Gasteiger partial charge < -0.3 is 0 Å². The monoisotopic (exact) mass is 514 g/mol. The molecule has 2 heterocycles. The molecule has 0 N–H and O–H groups in total. The van der Waals surface area contributed by atoms with Crippen molar-refractivity contribution >= 4 is 66.1 Å². The van der Waals surface area contributed by atoms with Crippen molar-refractivity contribution in [1.29, 1.82) is 0 Å². The largest absolute Gasteiger partial charge is 0.256 e. The van der Waals surface area contributed by atoms with Crippen LogP contribution in [0.25, 0.3) is 0 Å². The molecule has 0 bridgehead atoms. The third kappa shape index (κ3) is 5.49. The number of hydrogen-bond acceptors (Lipinski definition) is 2. The van der Waals surface area contributed by atoms with Crippen molar-refractivity contribution in [2.45, 2.75) is 6.42 Å². The van der Waals surface area contributed by atoms with Crippen molar-refractivity contribution in [2.75, 3.05) is 12.3 Å². The summed E-state index contributed by atoms with van der Waals surface area (Å²) in [6.07, 6.45) is 7.55. The van der Waals surface area contributed by atoms with E-state index in [4.69, 9.17) is 0 Å². The van der Waals surface area contributed by atoms with E-state index in [0.717, 1.165) is 0 Å². The Kier molecular flexibility index (Phi) is 7.42. The van der Waals surface area contributed by atoms with E-state index in [9.17, 15) is 0 Å². The van der Waals surface area contributed by atoms with Crippen LogP contribution in [0.15, 0.2) is 48.8 Å². The Morgan fingerprint density at radius 1 is 0.789 bits per heavy atom. The summed E-state index contributed by atoms with van der Waals surface area (Å²) in [7, 11) is 0. The first-order valence-corrected chi connectivity index (χ1v) is 14.6. The molecule has 2 nitrogen and oxygen atoms in total. The smallest absolute Gasteiger partial charge is 0.0732 e. The van der Waals surface area contributed by atoms with E-state index >= 15 is 0 Å². The third-order valence-electron chi connectivity index (χ3n) is 2.50. The van der Waals surface area contributed by atoms with E-state index in [2.05, 4.69) is 78.3 Å². The average Bonchev–Trinajstić information content (AvgIpc) is 2.49. The standard InChI is InChI=1S/C13H14I2N2P2/c14-18(12-6-1-3-8-16-12)10-5-11-19(15)13-7-2-4-9-17-13/h1-4,6-9H,5,10-11H2. The van der Waals surface area contributed by atoms with Crippen molar-refractivity contribution in [3.8, 4) is 0 Å². The zero-order valence-corrected chi connectivity index (χ0v) is 16.4. The van der Waals surface area contributed by atoms with Gasteiger partial charge in [-0.1, -0.05) is 12.1 Å². The highest BCUT2D eigenvalue weighted by Crippen LogP contribution is 2.47. The third-order valence-corrected chi connectivity index (χ3v) is 11.3. The SMILES string of the molecule is IP(CCCP(I)c1ccccn1)c1ccccn1. The molecule has 2 aromatic heterocycles. The van der Waals surface area contributed by atoms with Crippen molar-refractivity contribution in [2.24, 2.45) is 0 Å². The van der Waals surface area contributed by atoms with Gasteiger partial charge in [-0.25, -0.2) is 0 Å². The van der Waals surface area contributed by atoms with E-state index in [1.807, 2.05) is 24.5 Å². The van der Waals surface area contributed by atoms with E-state index in [1.54, 1.807) is 0 Å². The molecule has 0 saturated heterocycles. The second-order valence-corrected chi connectivity index (χ2v) is 14.1. The molecule has 2 unspecified atom stereocenters. The zero-order valence-electron chi connectivity index (χ0n) is 10.3. The lowest BCUT2D eigenvalue weighted by Gasteiger charge is -2.12. The lowest BCUT2D eigenvalue weighted by Crippen LogP contribution is -2.06. The molecule has 0 radical (unpaired) electrons. The van der Waals surface area contributed by atoms with Crippen molar-refractivity contribution < 1.29 is 0 Å². The van der Waals surface area contributed by atoms with Gasteiger partial charge in [-0.05, 0) is 87.1 Å². The van der Waals surface area contributed by atoms with Crippen LogP contribution in [-0.4, -0.2) is 22.3 Å². The molecule has 2 rings (SSSR count). The lowest BCUT2D eigenvalue weighted by molar-refractivity contribution is 1.12. The molecule has 0 aliphatic heterocycles. The molecule has 6 heteroatoms. The van der Waals surface area contributed by atoms with E-state index < -0.39 is 0 Å². The van der Waals surface area contributed by atoms with Crippen LogP contribution in [0, 0.1) is 0 Å². The normalized spacial score (nSPS) is 14.0. The second kappa shape index (κ2) is 8.81. The molecule has 0 amide bonds. The highest BCUT2D eigenvalue weighted by Gasteiger charge is 2.11. The first kappa shape index (κ1) is 16.0. The van der Waals surface area contributed by atoms with Gasteiger partial charge in [-0.3, -0.25) is 9.97 Å². The minimum Gasteiger partial charge on any atom is -0.256 e. The Morgan fingerprint density at radius 3 is 1.63 bits per heavy atom. The Hall–Kier alpha value is 0.620. The van der Waals surface area contributed by atoms with Gasteiger partial charge in [-0.15, -0.1) is 0 Å². The molecule has 2 aromatic rings. The maximum atomic E-state index is 4.45. The lowest BCUT2D eigenvalue weighted by atomic mass is 10.5. The number of pyridine rings is 2. The van der Waals surface area contributed by atoms with Crippen molar-refractivity contribution in [3.05, 3.63) is 48.8 Å². The number of aromatic nitrogens is 2. The number of nitrogens with zero attached hydrogens (tertiary/aromatic N) is 2. The van der Waals surface area contributed by atoms with Gasteiger partial charge in [0, 0.05) is 23.5 Å². The molecule has 100 valence electrons. The number of rotatable bonds is 6. The molecule has 19 heavy (non-hydrogen) atoms. The van der Waals surface area contributed by atoms with Gasteiger partial charge in [-0.2, -0.15) is 0 Å². The topological polar surface area (TPSA) is 25.8 Å². The van der Waals surface area contributed by atoms with Crippen molar-refractivity contribution in [1.82, 2.24) is 9.97 Å². The summed E-state index contributed by atoms with van der Waals surface area (Å²) in [4.78, 5) is 8.89. The minimum atomic E-state index is -0.130. The Morgan fingerprint density at radius 2 is 1.26 bits per heavy atom. The van der Waals surface area contributed by atoms with Crippen LogP contribution in [0.3, 0.4) is 0 Å². The fourth-order valence-corrected chi connectivity index (χ4v) is 7.79. The summed E-state index contributed by atoms with van der Waals surface area (Å²) < 4.78 is 0. The number of hydrogen-bond donors (Lipinski definition) is 0. The quantitative estimate of drug-likeness (QED) is 0.420. The molecule has 0 aromatic carbocycles. The molecule has 0 fully saturated rings. The predicted molar refractivity (Wildman–Crippen MR) is 104 cm³/mol. The van der Waals surface area contributed by atoms with Gasteiger partial charge in [0.05, 0.1) is 10.9 Å². The second-order valence-electron chi connectivity index (χ2n) is 3.90. The maximum Gasteiger partial charge on any atom is 0.0732 e. The first-order chi connectivity index (χ1) is 9.27. The van der Waals surface area contributed by atoms with Gasteiger partial charge in [0.25, 0.3) is 0 Å². The Balaban J connectivity index is 1.78. The van der Waals surface area contributed by atoms with Gasteiger partial charge >= 0.3 is 0 Å². The summed E-state index contributed by atoms with van der Waals surface area (Å²) >= 11 is 5.12. The highest BCUT2D eigenvalue weighted by atomic mass is 127. The fraction of sp³-hybridized carbons (Fsp3) is 0.231. The summed E-state index contributed by atoms with van der Waals surface area (Å²) in [5.74, 6) is 0. The van der Waals surface area contributed by atoms with Crippen LogP contribution < -0.4 is 10.9 Å². The maximum absolute atomic E-state index is 4.45. The van der Waals surface area contributed by atoms with Crippen LogP contribution in [-0.2, 0) is 0 Å². The van der Waals surface area contributed by atoms with Crippen LogP contribution in [0.2, 0.25) is 0 Å². The first-order valence-electron chi connectivity index (χ1n) is 5.96. The van der Waals surface area contributed by atoms with Gasteiger partial charge in [0.2, 0.25) is 0 Å². The van der Waals surface area contributed by atoms with E-state index in [1.165, 1.54) is 29.6 Å². The fourth-order valence-electron chi connectivity index (χ4n) is 1.57. The molecular formula is C13H14I2N2P2. The summed E-state index contributed by atoms with van der Waals surface area (Å²) in [5, 5.41) is 0. The Bertz CT molecular complexity index is 439.